The van der Waals surface area contributed by atoms with Gasteiger partial charge in [0.1, 0.15) is 23.5 Å². The second-order valence-electron chi connectivity index (χ2n) is 3.35. The minimum Gasteiger partial charge on any atom is -0.547 e. The molecule has 0 saturated carbocycles. The molecule has 11 heteroatoms. The Morgan fingerprint density at radius 2 is 1.32 bits per heavy atom. The molecular formula is C11H10KNaO9. The summed E-state index contributed by atoms with van der Waals surface area (Å²) in [7, 11) is 0. The third-order valence-electron chi connectivity index (χ3n) is 1.92. The Balaban J connectivity index is -0.000000301. The van der Waals surface area contributed by atoms with Crippen molar-refractivity contribution < 1.29 is 126 Å². The maximum absolute atomic E-state index is 10.3. The minimum absolute atomic E-state index is 0. The van der Waals surface area contributed by atoms with E-state index in [9.17, 15) is 24.6 Å². The maximum atomic E-state index is 10.3. The summed E-state index contributed by atoms with van der Waals surface area (Å²) in [6, 6.07) is 5.81. The van der Waals surface area contributed by atoms with Crippen LogP contribution in [0.15, 0.2) is 24.3 Å². The number of aliphatic carboxylic acids is 2. The number of hydrogen-bond acceptors (Lipinski definition) is 8. The summed E-state index contributed by atoms with van der Waals surface area (Å²) in [5.74, 6) is -5.43. The number of rotatable bonds is 4. The summed E-state index contributed by atoms with van der Waals surface area (Å²) in [4.78, 5) is 29.5. The number of carboxylic acids is 3. The molecule has 0 bridgehead atoms. The van der Waals surface area contributed by atoms with E-state index in [1.54, 1.807) is 12.1 Å². The predicted octanol–water partition coefficient (Wildman–Crippen LogP) is -9.69. The zero-order valence-corrected chi connectivity index (χ0v) is 16.9. The van der Waals surface area contributed by atoms with E-state index in [0.717, 1.165) is 0 Å². The van der Waals surface area contributed by atoms with Crippen LogP contribution < -0.4 is 91.2 Å². The van der Waals surface area contributed by atoms with Crippen LogP contribution in [-0.4, -0.2) is 50.5 Å². The SMILES string of the molecule is O=C(O)c1ccccc1O.O=C([O-])C(O)C(O)C(=O)[O-].[K+].[Na+]. The van der Waals surface area contributed by atoms with Gasteiger partial charge in [0, 0.05) is 0 Å². The molecule has 0 aliphatic rings. The van der Waals surface area contributed by atoms with E-state index in [-0.39, 0.29) is 92.3 Å². The van der Waals surface area contributed by atoms with Crippen LogP contribution in [0.2, 0.25) is 0 Å². The van der Waals surface area contributed by atoms with Gasteiger partial charge >= 0.3 is 86.9 Å². The molecule has 0 amide bonds. The van der Waals surface area contributed by atoms with Crippen molar-refractivity contribution in [2.75, 3.05) is 0 Å². The number of carboxylic acid groups (broad SMARTS) is 3. The largest absolute Gasteiger partial charge is 1.00 e. The second-order valence-corrected chi connectivity index (χ2v) is 3.35. The number of aliphatic hydroxyl groups excluding tert-OH is 2. The predicted molar refractivity (Wildman–Crippen MR) is 57.1 cm³/mol. The summed E-state index contributed by atoms with van der Waals surface area (Å²) in [5, 5.41) is 53.0. The van der Waals surface area contributed by atoms with Crippen LogP contribution in [-0.2, 0) is 9.59 Å². The number of aromatic carboxylic acids is 1. The van der Waals surface area contributed by atoms with Crippen molar-refractivity contribution in [1.29, 1.82) is 0 Å². The summed E-state index contributed by atoms with van der Waals surface area (Å²) in [5.41, 5.74) is -0.0671. The van der Waals surface area contributed by atoms with Crippen LogP contribution in [0.5, 0.6) is 5.75 Å². The molecule has 0 heterocycles. The molecule has 2 unspecified atom stereocenters. The normalized spacial score (nSPS) is 11.4. The fourth-order valence-electron chi connectivity index (χ4n) is 0.912. The van der Waals surface area contributed by atoms with Gasteiger partial charge in [-0.15, -0.1) is 0 Å². The quantitative estimate of drug-likeness (QED) is 0.384. The van der Waals surface area contributed by atoms with Crippen LogP contribution >= 0.6 is 0 Å². The van der Waals surface area contributed by atoms with E-state index in [0.29, 0.717) is 0 Å². The van der Waals surface area contributed by atoms with E-state index < -0.39 is 30.1 Å². The standard InChI is InChI=1S/C7H6O3.C4H6O6.K.Na/c8-6-4-2-1-3-5(6)7(9)10;5-1(3(7)8)2(6)4(9)10;;/h1-4,8H,(H,9,10);1-2,5-6H,(H,7,8)(H,9,10);;/q;;2*+1/p-2. The van der Waals surface area contributed by atoms with Gasteiger partial charge in [0.2, 0.25) is 0 Å². The molecule has 0 aliphatic carbocycles. The molecule has 0 saturated heterocycles. The molecule has 2 atom stereocenters. The van der Waals surface area contributed by atoms with E-state index in [4.69, 9.17) is 20.4 Å². The van der Waals surface area contributed by atoms with Crippen LogP contribution in [0.25, 0.3) is 0 Å². The Bertz CT molecular complexity index is 490. The molecule has 4 N–H and O–H groups in total. The minimum atomic E-state index is -2.44. The van der Waals surface area contributed by atoms with Gasteiger partial charge in [-0.1, -0.05) is 12.1 Å². The van der Waals surface area contributed by atoms with Crippen molar-refractivity contribution in [1.82, 2.24) is 0 Å². The molecule has 0 radical (unpaired) electrons. The summed E-state index contributed by atoms with van der Waals surface area (Å²) < 4.78 is 0. The number of aliphatic hydroxyl groups is 2. The van der Waals surface area contributed by atoms with E-state index in [1.165, 1.54) is 12.1 Å². The summed E-state index contributed by atoms with van der Waals surface area (Å²) in [6.45, 7) is 0. The van der Waals surface area contributed by atoms with Crippen molar-refractivity contribution >= 4 is 17.9 Å². The number of benzene rings is 1. The fraction of sp³-hybridized carbons (Fsp3) is 0.182. The number of carbonyl (C=O) groups excluding carboxylic acids is 2. The van der Waals surface area contributed by atoms with Crippen molar-refractivity contribution in [2.24, 2.45) is 0 Å². The van der Waals surface area contributed by atoms with Crippen LogP contribution in [0, 0.1) is 0 Å². The fourth-order valence-corrected chi connectivity index (χ4v) is 0.912. The van der Waals surface area contributed by atoms with Gasteiger partial charge in [0.25, 0.3) is 0 Å². The second kappa shape index (κ2) is 13.4. The monoisotopic (exact) mass is 348 g/mol. The first kappa shape index (κ1) is 26.9. The smallest absolute Gasteiger partial charge is 0.547 e. The molecular weight excluding hydrogens is 338 g/mol. The van der Waals surface area contributed by atoms with E-state index in [1.807, 2.05) is 0 Å². The number of para-hydroxylation sites is 1. The Morgan fingerprint density at radius 1 is 0.955 bits per heavy atom. The molecule has 1 aromatic carbocycles. The van der Waals surface area contributed by atoms with Gasteiger partial charge in [-0.05, 0) is 12.1 Å². The molecule has 1 aromatic rings. The molecule has 22 heavy (non-hydrogen) atoms. The molecule has 0 spiro atoms. The average molecular weight is 348 g/mol. The van der Waals surface area contributed by atoms with Gasteiger partial charge in [0.05, 0.1) is 11.9 Å². The van der Waals surface area contributed by atoms with E-state index in [2.05, 4.69) is 0 Å². The third-order valence-corrected chi connectivity index (χ3v) is 1.92. The molecule has 0 aliphatic heterocycles. The first-order chi connectivity index (χ1) is 9.18. The summed E-state index contributed by atoms with van der Waals surface area (Å²) >= 11 is 0. The average Bonchev–Trinajstić information content (AvgIpc) is 2.37. The first-order valence-electron chi connectivity index (χ1n) is 4.97. The van der Waals surface area contributed by atoms with Crippen LogP contribution in [0.4, 0.5) is 0 Å². The Hall–Kier alpha value is -0.0136. The zero-order valence-electron chi connectivity index (χ0n) is 11.8. The van der Waals surface area contributed by atoms with Gasteiger partial charge < -0.3 is 40.2 Å². The number of hydrogen-bond donors (Lipinski definition) is 4. The van der Waals surface area contributed by atoms with Crippen LogP contribution in [0.3, 0.4) is 0 Å². The van der Waals surface area contributed by atoms with Gasteiger partial charge in [-0.2, -0.15) is 0 Å². The van der Waals surface area contributed by atoms with Crippen molar-refractivity contribution in [3.8, 4) is 5.75 Å². The number of phenols is 1. The van der Waals surface area contributed by atoms with Crippen molar-refractivity contribution in [3.05, 3.63) is 29.8 Å². The molecule has 110 valence electrons. The molecule has 0 aromatic heterocycles. The topological polar surface area (TPSA) is 178 Å². The van der Waals surface area contributed by atoms with Crippen molar-refractivity contribution in [3.63, 3.8) is 0 Å². The number of carbonyl (C=O) groups is 3. The first-order valence-corrected chi connectivity index (χ1v) is 4.97. The van der Waals surface area contributed by atoms with Crippen molar-refractivity contribution in [2.45, 2.75) is 12.2 Å². The Kier molecular flexibility index (Phi) is 16.4. The van der Waals surface area contributed by atoms with Gasteiger partial charge in [0.15, 0.2) is 0 Å². The van der Waals surface area contributed by atoms with Gasteiger partial charge in [-0.3, -0.25) is 0 Å². The van der Waals surface area contributed by atoms with E-state index >= 15 is 0 Å². The molecule has 0 fully saturated rings. The Labute approximate surface area is 189 Å². The zero-order chi connectivity index (χ0) is 15.9. The molecule has 1 rings (SSSR count). The number of aromatic hydroxyl groups is 1. The summed E-state index contributed by atoms with van der Waals surface area (Å²) in [6.07, 6.45) is -4.88. The van der Waals surface area contributed by atoms with Crippen LogP contribution in [0.1, 0.15) is 10.4 Å². The third kappa shape index (κ3) is 9.89. The van der Waals surface area contributed by atoms with Gasteiger partial charge in [-0.25, -0.2) is 4.79 Å². The molecule has 9 nitrogen and oxygen atoms in total. The Morgan fingerprint density at radius 3 is 1.55 bits per heavy atom. The maximum Gasteiger partial charge on any atom is 1.00 e.